The number of carboxylic acid groups (broad SMARTS) is 1. The van der Waals surface area contributed by atoms with E-state index in [4.69, 9.17) is 9.84 Å². The highest BCUT2D eigenvalue weighted by Crippen LogP contribution is 2.15. The van der Waals surface area contributed by atoms with Crippen molar-refractivity contribution in [2.45, 2.75) is 19.9 Å². The van der Waals surface area contributed by atoms with Gasteiger partial charge in [0.2, 0.25) is 5.91 Å². The highest BCUT2D eigenvalue weighted by atomic mass is 19.1. The number of hydrogen-bond acceptors (Lipinski definition) is 4. The fraction of sp³-hybridized carbons (Fsp3) is 0.400. The second-order valence-corrected chi connectivity index (χ2v) is 4.80. The number of halogens is 1. The first-order valence-electron chi connectivity index (χ1n) is 6.97. The van der Waals surface area contributed by atoms with Crippen LogP contribution in [0.5, 0.6) is 5.75 Å². The lowest BCUT2D eigenvalue weighted by Gasteiger charge is -2.26. The van der Waals surface area contributed by atoms with E-state index in [0.29, 0.717) is 0 Å². The molecule has 1 aromatic rings. The zero-order valence-electron chi connectivity index (χ0n) is 12.9. The van der Waals surface area contributed by atoms with Crippen molar-refractivity contribution in [3.8, 4) is 5.75 Å². The standard InChI is InChI=1S/C15H19FN2O5/c1-10(15(21)22)18(8-7-17-11(2)19)14(20)9-23-13-6-4-3-5-12(13)16/h3-6,10H,7-9H2,1-2H3,(H,17,19)(H,21,22). The predicted molar refractivity (Wildman–Crippen MR) is 79.4 cm³/mol. The van der Waals surface area contributed by atoms with Gasteiger partial charge in [-0.2, -0.15) is 0 Å². The van der Waals surface area contributed by atoms with Crippen molar-refractivity contribution >= 4 is 17.8 Å². The summed E-state index contributed by atoms with van der Waals surface area (Å²) in [5.41, 5.74) is 0. The normalized spacial score (nSPS) is 11.4. The largest absolute Gasteiger partial charge is 0.481 e. The summed E-state index contributed by atoms with van der Waals surface area (Å²) in [7, 11) is 0. The van der Waals surface area contributed by atoms with Gasteiger partial charge in [0.05, 0.1) is 0 Å². The van der Waals surface area contributed by atoms with Crippen molar-refractivity contribution in [2.24, 2.45) is 0 Å². The van der Waals surface area contributed by atoms with E-state index in [-0.39, 0.29) is 24.7 Å². The minimum Gasteiger partial charge on any atom is -0.481 e. The van der Waals surface area contributed by atoms with Crippen LogP contribution in [0.25, 0.3) is 0 Å². The zero-order chi connectivity index (χ0) is 17.4. The number of para-hydroxylation sites is 1. The van der Waals surface area contributed by atoms with E-state index in [1.807, 2.05) is 0 Å². The molecule has 0 saturated carbocycles. The molecule has 23 heavy (non-hydrogen) atoms. The topological polar surface area (TPSA) is 95.9 Å². The van der Waals surface area contributed by atoms with E-state index >= 15 is 0 Å². The monoisotopic (exact) mass is 326 g/mol. The minimum atomic E-state index is -1.19. The Kier molecular flexibility index (Phi) is 6.98. The molecule has 1 atom stereocenters. The number of hydrogen-bond donors (Lipinski definition) is 2. The molecule has 0 spiro atoms. The number of ether oxygens (including phenoxy) is 1. The Hall–Kier alpha value is -2.64. The van der Waals surface area contributed by atoms with Crippen LogP contribution in [0.1, 0.15) is 13.8 Å². The number of aliphatic carboxylic acids is 1. The average Bonchev–Trinajstić information content (AvgIpc) is 2.49. The van der Waals surface area contributed by atoms with Crippen molar-refractivity contribution in [1.29, 1.82) is 0 Å². The Bertz CT molecular complexity index is 579. The van der Waals surface area contributed by atoms with Gasteiger partial charge >= 0.3 is 5.97 Å². The van der Waals surface area contributed by atoms with E-state index in [0.717, 1.165) is 4.90 Å². The summed E-state index contributed by atoms with van der Waals surface area (Å²) in [6, 6.07) is 4.49. The first-order valence-corrected chi connectivity index (χ1v) is 6.97. The molecule has 8 heteroatoms. The molecule has 0 saturated heterocycles. The fourth-order valence-corrected chi connectivity index (χ4v) is 1.80. The molecule has 0 aliphatic carbocycles. The maximum atomic E-state index is 13.4. The van der Waals surface area contributed by atoms with Gasteiger partial charge < -0.3 is 20.1 Å². The maximum Gasteiger partial charge on any atom is 0.326 e. The number of nitrogens with zero attached hydrogens (tertiary/aromatic N) is 1. The quantitative estimate of drug-likeness (QED) is 0.731. The molecule has 0 fully saturated rings. The summed E-state index contributed by atoms with van der Waals surface area (Å²) < 4.78 is 18.5. The van der Waals surface area contributed by atoms with Crippen molar-refractivity contribution in [2.75, 3.05) is 19.7 Å². The van der Waals surface area contributed by atoms with Crippen LogP contribution in [-0.4, -0.2) is 53.5 Å². The third-order valence-corrected chi connectivity index (χ3v) is 3.06. The molecule has 126 valence electrons. The SMILES string of the molecule is CC(=O)NCCN(C(=O)COc1ccccc1F)C(C)C(=O)O. The van der Waals surface area contributed by atoms with E-state index in [9.17, 15) is 18.8 Å². The van der Waals surface area contributed by atoms with Crippen molar-refractivity contribution < 1.29 is 28.6 Å². The molecule has 7 nitrogen and oxygen atoms in total. The number of carbonyl (C=O) groups excluding carboxylic acids is 2. The van der Waals surface area contributed by atoms with Crippen molar-refractivity contribution in [1.82, 2.24) is 10.2 Å². The average molecular weight is 326 g/mol. The van der Waals surface area contributed by atoms with Crippen LogP contribution in [0.15, 0.2) is 24.3 Å². The Morgan fingerprint density at radius 2 is 2.00 bits per heavy atom. The van der Waals surface area contributed by atoms with Crippen LogP contribution in [-0.2, 0) is 14.4 Å². The molecular weight excluding hydrogens is 307 g/mol. The Labute approximate surface area is 133 Å². The van der Waals surface area contributed by atoms with Crippen molar-refractivity contribution in [3.63, 3.8) is 0 Å². The number of nitrogens with one attached hydrogen (secondary N) is 1. The number of benzene rings is 1. The van der Waals surface area contributed by atoms with Crippen LogP contribution < -0.4 is 10.1 Å². The van der Waals surface area contributed by atoms with Gasteiger partial charge in [0.15, 0.2) is 18.2 Å². The van der Waals surface area contributed by atoms with Gasteiger partial charge in [-0.25, -0.2) is 9.18 Å². The highest BCUT2D eigenvalue weighted by molar-refractivity contribution is 5.84. The van der Waals surface area contributed by atoms with Crippen LogP contribution in [0.2, 0.25) is 0 Å². The maximum absolute atomic E-state index is 13.4. The molecule has 0 aliphatic rings. The molecule has 1 unspecified atom stereocenters. The van der Waals surface area contributed by atoms with Gasteiger partial charge in [-0.15, -0.1) is 0 Å². The van der Waals surface area contributed by atoms with Crippen molar-refractivity contribution in [3.05, 3.63) is 30.1 Å². The van der Waals surface area contributed by atoms with E-state index in [2.05, 4.69) is 5.32 Å². The van der Waals surface area contributed by atoms with E-state index in [1.165, 1.54) is 32.0 Å². The highest BCUT2D eigenvalue weighted by Gasteiger charge is 2.25. The van der Waals surface area contributed by atoms with Crippen LogP contribution in [0.4, 0.5) is 4.39 Å². The minimum absolute atomic E-state index is 0.00646. The molecule has 0 aromatic heterocycles. The molecule has 1 rings (SSSR count). The lowest BCUT2D eigenvalue weighted by atomic mass is 10.2. The Balaban J connectivity index is 2.68. The van der Waals surface area contributed by atoms with Gasteiger partial charge in [-0.3, -0.25) is 9.59 Å². The van der Waals surface area contributed by atoms with Crippen LogP contribution in [0.3, 0.4) is 0 Å². The summed E-state index contributed by atoms with van der Waals surface area (Å²) in [6.07, 6.45) is 0. The number of carbonyl (C=O) groups is 3. The van der Waals surface area contributed by atoms with Gasteiger partial charge in [-0.05, 0) is 19.1 Å². The van der Waals surface area contributed by atoms with Gasteiger partial charge in [0.1, 0.15) is 6.04 Å². The zero-order valence-corrected chi connectivity index (χ0v) is 12.9. The molecule has 2 amide bonds. The summed E-state index contributed by atoms with van der Waals surface area (Å²) in [6.45, 7) is 2.27. The Morgan fingerprint density at radius 3 is 2.57 bits per heavy atom. The lowest BCUT2D eigenvalue weighted by molar-refractivity contribution is -0.150. The van der Waals surface area contributed by atoms with Gasteiger partial charge in [-0.1, -0.05) is 12.1 Å². The van der Waals surface area contributed by atoms with Gasteiger partial charge in [0.25, 0.3) is 5.91 Å². The molecule has 0 bridgehead atoms. The summed E-state index contributed by atoms with van der Waals surface area (Å²) in [5.74, 6) is -2.80. The summed E-state index contributed by atoms with van der Waals surface area (Å²) in [5, 5.41) is 11.5. The third-order valence-electron chi connectivity index (χ3n) is 3.06. The number of rotatable bonds is 8. The van der Waals surface area contributed by atoms with Crippen LogP contribution in [0, 0.1) is 5.82 Å². The molecule has 0 radical (unpaired) electrons. The molecule has 2 N–H and O–H groups in total. The first-order chi connectivity index (χ1) is 10.8. The number of carboxylic acids is 1. The molecule has 0 heterocycles. The van der Waals surface area contributed by atoms with Gasteiger partial charge in [0, 0.05) is 20.0 Å². The molecule has 0 aliphatic heterocycles. The summed E-state index contributed by atoms with van der Waals surface area (Å²) >= 11 is 0. The third kappa shape index (κ3) is 5.93. The smallest absolute Gasteiger partial charge is 0.326 e. The molecule has 1 aromatic carbocycles. The summed E-state index contributed by atoms with van der Waals surface area (Å²) in [4.78, 5) is 35.1. The van der Waals surface area contributed by atoms with E-state index < -0.39 is 30.3 Å². The number of amides is 2. The predicted octanol–water partition coefficient (Wildman–Crippen LogP) is 0.642. The van der Waals surface area contributed by atoms with E-state index in [1.54, 1.807) is 6.07 Å². The lowest BCUT2D eigenvalue weighted by Crippen LogP contribution is -2.48. The first kappa shape index (κ1) is 18.4. The molecular formula is C15H19FN2O5. The fourth-order valence-electron chi connectivity index (χ4n) is 1.80. The second kappa shape index (κ2) is 8.72. The van der Waals surface area contributed by atoms with Crippen LogP contribution >= 0.6 is 0 Å². The Morgan fingerprint density at radius 1 is 1.35 bits per heavy atom. The second-order valence-electron chi connectivity index (χ2n) is 4.80.